The SMILES string of the molecule is COCCC(C)C1(N)CCCC(C)(C)CC1. The monoisotopic (exact) mass is 227 g/mol. The van der Waals surface area contributed by atoms with Crippen LogP contribution >= 0.6 is 0 Å². The summed E-state index contributed by atoms with van der Waals surface area (Å²) in [6.07, 6.45) is 7.31. The molecule has 2 heteroatoms. The van der Waals surface area contributed by atoms with E-state index in [1.807, 2.05) is 0 Å². The lowest BCUT2D eigenvalue weighted by Gasteiger charge is -2.35. The third-order valence-electron chi connectivity index (χ3n) is 4.50. The predicted octanol–water partition coefficient (Wildman–Crippen LogP) is 3.35. The van der Waals surface area contributed by atoms with Gasteiger partial charge in [0.15, 0.2) is 0 Å². The van der Waals surface area contributed by atoms with E-state index in [4.69, 9.17) is 10.5 Å². The molecule has 1 rings (SSSR count). The van der Waals surface area contributed by atoms with Crippen molar-refractivity contribution < 1.29 is 4.74 Å². The molecule has 2 N–H and O–H groups in total. The predicted molar refractivity (Wildman–Crippen MR) is 69.4 cm³/mol. The van der Waals surface area contributed by atoms with Gasteiger partial charge in [-0.3, -0.25) is 0 Å². The lowest BCUT2D eigenvalue weighted by atomic mass is 9.77. The maximum absolute atomic E-state index is 6.61. The van der Waals surface area contributed by atoms with E-state index < -0.39 is 0 Å². The van der Waals surface area contributed by atoms with Crippen LogP contribution in [0.1, 0.15) is 59.3 Å². The summed E-state index contributed by atoms with van der Waals surface area (Å²) in [6.45, 7) is 7.87. The maximum Gasteiger partial charge on any atom is 0.0465 e. The number of hydrogen-bond acceptors (Lipinski definition) is 2. The lowest BCUT2D eigenvalue weighted by Crippen LogP contribution is -2.46. The van der Waals surface area contributed by atoms with Crippen molar-refractivity contribution in [3.05, 3.63) is 0 Å². The van der Waals surface area contributed by atoms with Crippen LogP contribution in [0.2, 0.25) is 0 Å². The fraction of sp³-hybridized carbons (Fsp3) is 1.00. The molecule has 0 amide bonds. The molecule has 0 spiro atoms. The van der Waals surface area contributed by atoms with Crippen molar-refractivity contribution in [3.8, 4) is 0 Å². The van der Waals surface area contributed by atoms with Crippen LogP contribution in [0.4, 0.5) is 0 Å². The first-order valence-electron chi connectivity index (χ1n) is 6.67. The molecule has 1 aliphatic carbocycles. The van der Waals surface area contributed by atoms with E-state index in [9.17, 15) is 0 Å². The van der Waals surface area contributed by atoms with E-state index >= 15 is 0 Å². The second kappa shape index (κ2) is 5.50. The van der Waals surface area contributed by atoms with Gasteiger partial charge >= 0.3 is 0 Å². The van der Waals surface area contributed by atoms with Crippen LogP contribution in [0, 0.1) is 11.3 Å². The van der Waals surface area contributed by atoms with Crippen molar-refractivity contribution in [3.63, 3.8) is 0 Å². The van der Waals surface area contributed by atoms with Gasteiger partial charge in [-0.1, -0.05) is 27.2 Å². The molecule has 0 aromatic rings. The molecule has 0 saturated heterocycles. The molecule has 2 atom stereocenters. The molecule has 0 aromatic heterocycles. The van der Waals surface area contributed by atoms with E-state index in [-0.39, 0.29) is 5.54 Å². The minimum Gasteiger partial charge on any atom is -0.385 e. The summed E-state index contributed by atoms with van der Waals surface area (Å²) in [4.78, 5) is 0. The quantitative estimate of drug-likeness (QED) is 0.748. The Morgan fingerprint density at radius 2 is 1.88 bits per heavy atom. The highest BCUT2D eigenvalue weighted by atomic mass is 16.5. The lowest BCUT2D eigenvalue weighted by molar-refractivity contribution is 0.146. The second-order valence-corrected chi connectivity index (χ2v) is 6.43. The molecule has 1 aliphatic rings. The first-order valence-corrected chi connectivity index (χ1v) is 6.67. The minimum absolute atomic E-state index is 0.0479. The average molecular weight is 227 g/mol. The Balaban J connectivity index is 2.55. The van der Waals surface area contributed by atoms with E-state index in [0.29, 0.717) is 11.3 Å². The molecule has 0 aromatic carbocycles. The zero-order valence-electron chi connectivity index (χ0n) is 11.5. The summed E-state index contributed by atoms with van der Waals surface area (Å²) < 4.78 is 5.16. The Morgan fingerprint density at radius 1 is 1.19 bits per heavy atom. The van der Waals surface area contributed by atoms with Crippen LogP contribution in [0.5, 0.6) is 0 Å². The van der Waals surface area contributed by atoms with Gasteiger partial charge in [0.25, 0.3) is 0 Å². The van der Waals surface area contributed by atoms with Crippen molar-refractivity contribution in [1.82, 2.24) is 0 Å². The van der Waals surface area contributed by atoms with Gasteiger partial charge in [-0.15, -0.1) is 0 Å². The molecule has 96 valence electrons. The van der Waals surface area contributed by atoms with Gasteiger partial charge in [0, 0.05) is 19.3 Å². The van der Waals surface area contributed by atoms with Crippen LogP contribution in [0.3, 0.4) is 0 Å². The molecular formula is C14H29NO. The first kappa shape index (κ1) is 14.0. The van der Waals surface area contributed by atoms with Crippen LogP contribution < -0.4 is 5.73 Å². The molecule has 0 bridgehead atoms. The van der Waals surface area contributed by atoms with Gasteiger partial charge in [-0.25, -0.2) is 0 Å². The van der Waals surface area contributed by atoms with Gasteiger partial charge < -0.3 is 10.5 Å². The smallest absolute Gasteiger partial charge is 0.0465 e. The molecule has 0 radical (unpaired) electrons. The molecule has 2 nitrogen and oxygen atoms in total. The molecule has 1 fully saturated rings. The Bertz CT molecular complexity index is 215. The largest absolute Gasteiger partial charge is 0.385 e. The van der Waals surface area contributed by atoms with Gasteiger partial charge in [0.05, 0.1) is 0 Å². The Hall–Kier alpha value is -0.0800. The van der Waals surface area contributed by atoms with Crippen molar-refractivity contribution in [2.24, 2.45) is 17.1 Å². The van der Waals surface area contributed by atoms with Gasteiger partial charge in [0.1, 0.15) is 0 Å². The number of nitrogens with two attached hydrogens (primary N) is 1. The van der Waals surface area contributed by atoms with Gasteiger partial charge in [0.2, 0.25) is 0 Å². The molecule has 16 heavy (non-hydrogen) atoms. The minimum atomic E-state index is 0.0479. The Morgan fingerprint density at radius 3 is 2.50 bits per heavy atom. The van der Waals surface area contributed by atoms with E-state index in [0.717, 1.165) is 13.0 Å². The first-order chi connectivity index (χ1) is 7.40. The standard InChI is InChI=1S/C14H29NO/c1-12(6-11-16-4)14(15)8-5-7-13(2,3)9-10-14/h12H,5-11,15H2,1-4H3. The number of rotatable bonds is 4. The number of ether oxygens (including phenoxy) is 1. The number of methoxy groups -OCH3 is 1. The summed E-state index contributed by atoms with van der Waals surface area (Å²) in [5.74, 6) is 0.571. The number of hydrogen-bond donors (Lipinski definition) is 1. The molecule has 2 unspecified atom stereocenters. The van der Waals surface area contributed by atoms with Crippen molar-refractivity contribution in [2.45, 2.75) is 64.8 Å². The van der Waals surface area contributed by atoms with Crippen LogP contribution in [0.15, 0.2) is 0 Å². The van der Waals surface area contributed by atoms with Gasteiger partial charge in [-0.05, 0) is 43.4 Å². The topological polar surface area (TPSA) is 35.2 Å². The zero-order chi connectivity index (χ0) is 12.2. The summed E-state index contributed by atoms with van der Waals surface area (Å²) >= 11 is 0. The van der Waals surface area contributed by atoms with E-state index in [2.05, 4.69) is 20.8 Å². The average Bonchev–Trinajstić information content (AvgIpc) is 2.35. The normalized spacial score (nSPS) is 32.1. The Kier molecular flexibility index (Phi) is 4.81. The van der Waals surface area contributed by atoms with E-state index in [1.54, 1.807) is 7.11 Å². The molecule has 0 heterocycles. The highest BCUT2D eigenvalue weighted by Crippen LogP contribution is 2.40. The van der Waals surface area contributed by atoms with Crippen LogP contribution in [-0.2, 0) is 4.74 Å². The highest BCUT2D eigenvalue weighted by Gasteiger charge is 2.36. The molecule has 1 saturated carbocycles. The third kappa shape index (κ3) is 3.74. The van der Waals surface area contributed by atoms with Crippen LogP contribution in [0.25, 0.3) is 0 Å². The fourth-order valence-corrected chi connectivity index (χ4v) is 2.79. The summed E-state index contributed by atoms with van der Waals surface area (Å²) in [5.41, 5.74) is 7.15. The van der Waals surface area contributed by atoms with Crippen LogP contribution in [-0.4, -0.2) is 19.3 Å². The van der Waals surface area contributed by atoms with Crippen molar-refractivity contribution >= 4 is 0 Å². The van der Waals surface area contributed by atoms with Crippen molar-refractivity contribution in [1.29, 1.82) is 0 Å². The molecular weight excluding hydrogens is 198 g/mol. The summed E-state index contributed by atoms with van der Waals surface area (Å²) in [7, 11) is 1.77. The second-order valence-electron chi connectivity index (χ2n) is 6.43. The van der Waals surface area contributed by atoms with Crippen molar-refractivity contribution in [2.75, 3.05) is 13.7 Å². The Labute approximate surface area is 101 Å². The molecule has 0 aliphatic heterocycles. The fourth-order valence-electron chi connectivity index (χ4n) is 2.79. The summed E-state index contributed by atoms with van der Waals surface area (Å²) in [6, 6.07) is 0. The third-order valence-corrected chi connectivity index (χ3v) is 4.50. The summed E-state index contributed by atoms with van der Waals surface area (Å²) in [5, 5.41) is 0. The highest BCUT2D eigenvalue weighted by molar-refractivity contribution is 4.93. The maximum atomic E-state index is 6.61. The zero-order valence-corrected chi connectivity index (χ0v) is 11.5. The van der Waals surface area contributed by atoms with E-state index in [1.165, 1.54) is 32.1 Å². The van der Waals surface area contributed by atoms with Gasteiger partial charge in [-0.2, -0.15) is 0 Å².